The second-order valence-electron chi connectivity index (χ2n) is 3.14. The number of amidine groups is 1. The molecule has 0 aliphatic heterocycles. The molecular weight excluding hydrogens is 174 g/mol. The van der Waals surface area contributed by atoms with Crippen LogP contribution in [0, 0.1) is 5.41 Å². The Balaban J connectivity index is 2.62. The Kier molecular flexibility index (Phi) is 4.11. The zero-order valence-electron chi connectivity index (χ0n) is 8.83. The van der Waals surface area contributed by atoms with E-state index < -0.39 is 0 Å². The minimum Gasteiger partial charge on any atom is -0.355 e. The van der Waals surface area contributed by atoms with Crippen LogP contribution in [0.15, 0.2) is 24.4 Å². The molecule has 3 heteroatoms. The highest BCUT2D eigenvalue weighted by Gasteiger charge is 2.06. The van der Waals surface area contributed by atoms with Gasteiger partial charge in [0, 0.05) is 19.2 Å². The molecule has 1 N–H and O–H groups in total. The number of hydrogen-bond donors (Lipinski definition) is 1. The lowest BCUT2D eigenvalue weighted by Gasteiger charge is -2.22. The summed E-state index contributed by atoms with van der Waals surface area (Å²) < 4.78 is 0. The molecule has 1 aromatic heterocycles. The summed E-state index contributed by atoms with van der Waals surface area (Å²) in [6.45, 7) is 5.67. The van der Waals surface area contributed by atoms with Crippen LogP contribution in [0.3, 0.4) is 0 Å². The Labute approximate surface area is 85.3 Å². The smallest absolute Gasteiger partial charge is 0.0958 e. The topological polar surface area (TPSA) is 40.0 Å². The highest BCUT2D eigenvalue weighted by Crippen LogP contribution is 2.02. The lowest BCUT2D eigenvalue weighted by molar-refractivity contribution is 0.418. The average Bonchev–Trinajstić information content (AvgIpc) is 2.26. The number of nitrogens with zero attached hydrogens (tertiary/aromatic N) is 2. The predicted molar refractivity (Wildman–Crippen MR) is 58.3 cm³/mol. The molecule has 0 unspecified atom stereocenters. The van der Waals surface area contributed by atoms with Crippen LogP contribution in [0.25, 0.3) is 0 Å². The molecule has 0 bridgehead atoms. The van der Waals surface area contributed by atoms with E-state index in [-0.39, 0.29) is 0 Å². The molecule has 1 heterocycles. The quantitative estimate of drug-likeness (QED) is 0.586. The van der Waals surface area contributed by atoms with Gasteiger partial charge in [-0.25, -0.2) is 0 Å². The van der Waals surface area contributed by atoms with Gasteiger partial charge in [-0.3, -0.25) is 10.4 Å². The standard InChI is InChI=1S/C11H17N3/c1-3-11(12)14(4-2)9-10-7-5-6-8-13-10/h5-8,12H,3-4,9H2,1-2H3. The van der Waals surface area contributed by atoms with Crippen LogP contribution in [0.1, 0.15) is 26.0 Å². The van der Waals surface area contributed by atoms with Gasteiger partial charge in [-0.1, -0.05) is 13.0 Å². The molecular formula is C11H17N3. The zero-order chi connectivity index (χ0) is 10.4. The minimum atomic E-state index is 0.679. The Morgan fingerprint density at radius 2 is 2.21 bits per heavy atom. The zero-order valence-corrected chi connectivity index (χ0v) is 8.83. The van der Waals surface area contributed by atoms with E-state index in [9.17, 15) is 0 Å². The van der Waals surface area contributed by atoms with Crippen molar-refractivity contribution in [2.75, 3.05) is 6.54 Å². The van der Waals surface area contributed by atoms with E-state index in [0.29, 0.717) is 5.84 Å². The largest absolute Gasteiger partial charge is 0.355 e. The van der Waals surface area contributed by atoms with Crippen LogP contribution >= 0.6 is 0 Å². The maximum Gasteiger partial charge on any atom is 0.0958 e. The van der Waals surface area contributed by atoms with Gasteiger partial charge in [0.15, 0.2) is 0 Å². The van der Waals surface area contributed by atoms with Gasteiger partial charge in [0.05, 0.1) is 18.1 Å². The first kappa shape index (κ1) is 10.7. The molecule has 3 nitrogen and oxygen atoms in total. The summed E-state index contributed by atoms with van der Waals surface area (Å²) in [7, 11) is 0. The number of hydrogen-bond acceptors (Lipinski definition) is 2. The molecule has 1 aromatic rings. The van der Waals surface area contributed by atoms with Crippen molar-refractivity contribution in [2.24, 2.45) is 0 Å². The fraction of sp³-hybridized carbons (Fsp3) is 0.455. The summed E-state index contributed by atoms with van der Waals surface area (Å²) in [5.74, 6) is 0.679. The molecule has 0 aromatic carbocycles. The minimum absolute atomic E-state index is 0.679. The van der Waals surface area contributed by atoms with Gasteiger partial charge in [-0.2, -0.15) is 0 Å². The first-order valence-corrected chi connectivity index (χ1v) is 5.00. The molecule has 0 radical (unpaired) electrons. The van der Waals surface area contributed by atoms with E-state index in [0.717, 1.165) is 25.2 Å². The van der Waals surface area contributed by atoms with Crippen molar-refractivity contribution in [2.45, 2.75) is 26.8 Å². The molecule has 0 aliphatic carbocycles. The summed E-state index contributed by atoms with van der Waals surface area (Å²) in [6.07, 6.45) is 2.57. The van der Waals surface area contributed by atoms with E-state index in [1.165, 1.54) is 0 Å². The molecule has 76 valence electrons. The maximum absolute atomic E-state index is 7.74. The summed E-state index contributed by atoms with van der Waals surface area (Å²) in [5, 5.41) is 7.74. The van der Waals surface area contributed by atoms with Crippen molar-refractivity contribution in [1.82, 2.24) is 9.88 Å². The monoisotopic (exact) mass is 191 g/mol. The lowest BCUT2D eigenvalue weighted by atomic mass is 10.3. The second kappa shape index (κ2) is 5.37. The van der Waals surface area contributed by atoms with Crippen molar-refractivity contribution in [3.8, 4) is 0 Å². The lowest BCUT2D eigenvalue weighted by Crippen LogP contribution is -2.29. The fourth-order valence-corrected chi connectivity index (χ4v) is 1.31. The molecule has 0 saturated carbocycles. The van der Waals surface area contributed by atoms with E-state index in [2.05, 4.69) is 11.9 Å². The van der Waals surface area contributed by atoms with Crippen LogP contribution in [0.4, 0.5) is 0 Å². The third-order valence-corrected chi connectivity index (χ3v) is 2.18. The fourth-order valence-electron chi connectivity index (χ4n) is 1.31. The summed E-state index contributed by atoms with van der Waals surface area (Å²) in [6, 6.07) is 5.88. The molecule has 0 saturated heterocycles. The van der Waals surface area contributed by atoms with Crippen LogP contribution in [0.2, 0.25) is 0 Å². The van der Waals surface area contributed by atoms with Crippen molar-refractivity contribution >= 4 is 5.84 Å². The summed E-state index contributed by atoms with van der Waals surface area (Å²) >= 11 is 0. The molecule has 0 amide bonds. The van der Waals surface area contributed by atoms with Gasteiger partial charge < -0.3 is 4.90 Å². The predicted octanol–water partition coefficient (Wildman–Crippen LogP) is 2.29. The first-order valence-electron chi connectivity index (χ1n) is 5.00. The molecule has 1 rings (SSSR count). The van der Waals surface area contributed by atoms with Gasteiger partial charge in [0.25, 0.3) is 0 Å². The van der Waals surface area contributed by atoms with E-state index in [1.807, 2.05) is 30.0 Å². The number of aromatic nitrogens is 1. The normalized spacial score (nSPS) is 9.86. The van der Waals surface area contributed by atoms with Gasteiger partial charge in [0.1, 0.15) is 0 Å². The SMILES string of the molecule is CCC(=N)N(CC)Cc1ccccn1. The highest BCUT2D eigenvalue weighted by molar-refractivity contribution is 5.78. The van der Waals surface area contributed by atoms with Crippen LogP contribution in [-0.2, 0) is 6.54 Å². The van der Waals surface area contributed by atoms with E-state index in [4.69, 9.17) is 5.41 Å². The molecule has 0 spiro atoms. The third kappa shape index (κ3) is 2.83. The number of rotatable bonds is 4. The average molecular weight is 191 g/mol. The summed E-state index contributed by atoms with van der Waals surface area (Å²) in [4.78, 5) is 6.27. The Bertz CT molecular complexity index is 282. The van der Waals surface area contributed by atoms with Crippen molar-refractivity contribution in [3.63, 3.8) is 0 Å². The van der Waals surface area contributed by atoms with Crippen LogP contribution in [-0.4, -0.2) is 22.3 Å². The second-order valence-corrected chi connectivity index (χ2v) is 3.14. The Hall–Kier alpha value is -1.38. The third-order valence-electron chi connectivity index (χ3n) is 2.18. The molecule has 0 atom stereocenters. The number of nitrogens with one attached hydrogen (secondary N) is 1. The van der Waals surface area contributed by atoms with E-state index >= 15 is 0 Å². The maximum atomic E-state index is 7.74. The van der Waals surface area contributed by atoms with Gasteiger partial charge >= 0.3 is 0 Å². The first-order chi connectivity index (χ1) is 6.77. The highest BCUT2D eigenvalue weighted by atomic mass is 15.2. The van der Waals surface area contributed by atoms with Gasteiger partial charge in [-0.05, 0) is 19.1 Å². The van der Waals surface area contributed by atoms with Crippen LogP contribution in [0.5, 0.6) is 0 Å². The Morgan fingerprint density at radius 1 is 1.43 bits per heavy atom. The molecule has 14 heavy (non-hydrogen) atoms. The molecule has 0 aliphatic rings. The van der Waals surface area contributed by atoms with E-state index in [1.54, 1.807) is 6.20 Å². The van der Waals surface area contributed by atoms with Crippen LogP contribution < -0.4 is 0 Å². The summed E-state index contributed by atoms with van der Waals surface area (Å²) in [5.41, 5.74) is 1.02. The Morgan fingerprint density at radius 3 is 2.71 bits per heavy atom. The van der Waals surface area contributed by atoms with Crippen molar-refractivity contribution in [1.29, 1.82) is 5.41 Å². The van der Waals surface area contributed by atoms with Gasteiger partial charge in [0.2, 0.25) is 0 Å². The van der Waals surface area contributed by atoms with Gasteiger partial charge in [-0.15, -0.1) is 0 Å². The van der Waals surface area contributed by atoms with Crippen molar-refractivity contribution < 1.29 is 0 Å². The molecule has 0 fully saturated rings. The van der Waals surface area contributed by atoms with Crippen molar-refractivity contribution in [3.05, 3.63) is 30.1 Å². The number of pyridine rings is 1.